The molecule has 0 aromatic carbocycles. The number of carbonyl (C=O) groups is 1. The van der Waals surface area contributed by atoms with E-state index in [1.54, 1.807) is 6.92 Å². The fourth-order valence-electron chi connectivity index (χ4n) is 1.20. The predicted molar refractivity (Wildman–Crippen MR) is 37.5 cm³/mol. The molecule has 76 valence electrons. The van der Waals surface area contributed by atoms with Gasteiger partial charge in [-0.2, -0.15) is 13.2 Å². The maximum absolute atomic E-state index is 11.7. The van der Waals surface area contributed by atoms with Crippen LogP contribution in [0.5, 0.6) is 0 Å². The van der Waals surface area contributed by atoms with Crippen molar-refractivity contribution in [3.63, 3.8) is 0 Å². The molecule has 0 radical (unpaired) electrons. The van der Waals surface area contributed by atoms with Crippen molar-refractivity contribution in [2.24, 2.45) is 0 Å². The first-order valence-corrected chi connectivity index (χ1v) is 3.97. The lowest BCUT2D eigenvalue weighted by atomic mass is 10.3. The first kappa shape index (κ1) is 10.3. The normalized spacial score (nSPS) is 24.8. The number of nitrogens with zero attached hydrogens (tertiary/aromatic N) is 1. The monoisotopic (exact) mass is 197 g/mol. The third kappa shape index (κ3) is 2.58. The SMILES string of the molecule is CC1CCCN1OC(=O)C(F)(F)F. The lowest BCUT2D eigenvalue weighted by Gasteiger charge is -2.20. The van der Waals surface area contributed by atoms with Crippen molar-refractivity contribution in [3.8, 4) is 0 Å². The van der Waals surface area contributed by atoms with Crippen molar-refractivity contribution in [2.75, 3.05) is 6.54 Å². The Kier molecular flexibility index (Phi) is 2.80. The van der Waals surface area contributed by atoms with Gasteiger partial charge >= 0.3 is 12.1 Å². The Bertz CT molecular complexity index is 204. The van der Waals surface area contributed by atoms with E-state index in [0.29, 0.717) is 6.54 Å². The second kappa shape index (κ2) is 3.53. The summed E-state index contributed by atoms with van der Waals surface area (Å²) in [6, 6.07) is -0.119. The lowest BCUT2D eigenvalue weighted by molar-refractivity contribution is -0.240. The molecule has 1 heterocycles. The van der Waals surface area contributed by atoms with Crippen molar-refractivity contribution in [2.45, 2.75) is 32.0 Å². The van der Waals surface area contributed by atoms with Gasteiger partial charge in [0.15, 0.2) is 0 Å². The predicted octanol–water partition coefficient (Wildman–Crippen LogP) is 1.49. The van der Waals surface area contributed by atoms with Gasteiger partial charge in [0.05, 0.1) is 0 Å². The minimum absolute atomic E-state index is 0.119. The molecule has 0 aromatic heterocycles. The first-order valence-electron chi connectivity index (χ1n) is 3.97. The highest BCUT2D eigenvalue weighted by Gasteiger charge is 2.43. The van der Waals surface area contributed by atoms with E-state index in [-0.39, 0.29) is 6.04 Å². The third-order valence-electron chi connectivity index (χ3n) is 1.92. The minimum Gasteiger partial charge on any atom is -0.361 e. The highest BCUT2D eigenvalue weighted by molar-refractivity contribution is 5.75. The van der Waals surface area contributed by atoms with E-state index in [4.69, 9.17) is 0 Å². The van der Waals surface area contributed by atoms with Crippen LogP contribution in [-0.2, 0) is 9.63 Å². The van der Waals surface area contributed by atoms with Gasteiger partial charge in [-0.15, -0.1) is 5.06 Å². The summed E-state index contributed by atoms with van der Waals surface area (Å²) in [6.45, 7) is 2.10. The number of rotatable bonds is 1. The average Bonchev–Trinajstić information content (AvgIpc) is 2.34. The molecule has 1 rings (SSSR count). The molecule has 1 saturated heterocycles. The zero-order valence-corrected chi connectivity index (χ0v) is 7.10. The summed E-state index contributed by atoms with van der Waals surface area (Å²) in [5.74, 6) is -2.14. The molecule has 1 unspecified atom stereocenters. The van der Waals surface area contributed by atoms with Gasteiger partial charge in [-0.3, -0.25) is 0 Å². The Hall–Kier alpha value is -0.780. The second-order valence-corrected chi connectivity index (χ2v) is 3.01. The van der Waals surface area contributed by atoms with Gasteiger partial charge in [-0.25, -0.2) is 4.79 Å². The van der Waals surface area contributed by atoms with E-state index in [1.165, 1.54) is 0 Å². The van der Waals surface area contributed by atoms with Gasteiger partial charge in [0.2, 0.25) is 0 Å². The van der Waals surface area contributed by atoms with Crippen LogP contribution < -0.4 is 0 Å². The zero-order valence-electron chi connectivity index (χ0n) is 7.10. The van der Waals surface area contributed by atoms with Crippen LogP contribution in [0, 0.1) is 0 Å². The largest absolute Gasteiger partial charge is 0.492 e. The molecule has 0 aliphatic carbocycles. The number of hydrogen-bond acceptors (Lipinski definition) is 3. The first-order chi connectivity index (χ1) is 5.91. The number of carbonyl (C=O) groups excluding carboxylic acids is 1. The summed E-state index contributed by atoms with van der Waals surface area (Å²) in [5, 5.41) is 1.08. The minimum atomic E-state index is -4.90. The second-order valence-electron chi connectivity index (χ2n) is 3.01. The van der Waals surface area contributed by atoms with Crippen molar-refractivity contribution < 1.29 is 22.8 Å². The molecular weight excluding hydrogens is 187 g/mol. The van der Waals surface area contributed by atoms with Gasteiger partial charge in [-0.1, -0.05) is 0 Å². The van der Waals surface area contributed by atoms with E-state index >= 15 is 0 Å². The van der Waals surface area contributed by atoms with E-state index in [9.17, 15) is 18.0 Å². The molecule has 1 aliphatic heterocycles. The van der Waals surface area contributed by atoms with Gasteiger partial charge in [-0.05, 0) is 19.8 Å². The Labute approximate surface area is 73.4 Å². The standard InChI is InChI=1S/C7H10F3NO2/c1-5-3-2-4-11(5)13-6(12)7(8,9)10/h5H,2-4H2,1H3. The van der Waals surface area contributed by atoms with Crippen molar-refractivity contribution in [1.82, 2.24) is 5.06 Å². The summed E-state index contributed by atoms with van der Waals surface area (Å²) < 4.78 is 35.2. The van der Waals surface area contributed by atoms with Crippen LogP contribution in [0.25, 0.3) is 0 Å². The zero-order chi connectivity index (χ0) is 10.1. The van der Waals surface area contributed by atoms with Gasteiger partial charge in [0.25, 0.3) is 0 Å². The molecule has 0 spiro atoms. The van der Waals surface area contributed by atoms with Crippen LogP contribution in [0.3, 0.4) is 0 Å². The van der Waals surface area contributed by atoms with Crippen LogP contribution in [0.4, 0.5) is 13.2 Å². The van der Waals surface area contributed by atoms with Crippen molar-refractivity contribution in [1.29, 1.82) is 0 Å². The van der Waals surface area contributed by atoms with Crippen molar-refractivity contribution in [3.05, 3.63) is 0 Å². The Morgan fingerprint density at radius 2 is 2.15 bits per heavy atom. The van der Waals surface area contributed by atoms with E-state index in [1.807, 2.05) is 0 Å². The number of halogens is 3. The molecule has 1 fully saturated rings. The van der Waals surface area contributed by atoms with Crippen LogP contribution in [0.15, 0.2) is 0 Å². The van der Waals surface area contributed by atoms with Crippen LogP contribution in [-0.4, -0.2) is 29.8 Å². The fraction of sp³-hybridized carbons (Fsp3) is 0.857. The molecule has 0 aromatic rings. The summed E-state index contributed by atoms with van der Waals surface area (Å²) in [6.07, 6.45) is -3.39. The highest BCUT2D eigenvalue weighted by Crippen LogP contribution is 2.22. The number of alkyl halides is 3. The highest BCUT2D eigenvalue weighted by atomic mass is 19.4. The summed E-state index contributed by atoms with van der Waals surface area (Å²) in [4.78, 5) is 14.5. The van der Waals surface area contributed by atoms with Crippen LogP contribution in [0.1, 0.15) is 19.8 Å². The summed E-state index contributed by atoms with van der Waals surface area (Å²) in [5.41, 5.74) is 0. The van der Waals surface area contributed by atoms with Crippen LogP contribution in [0.2, 0.25) is 0 Å². The maximum Gasteiger partial charge on any atom is 0.492 e. The molecule has 3 nitrogen and oxygen atoms in total. The average molecular weight is 197 g/mol. The number of hydroxylamine groups is 2. The Morgan fingerprint density at radius 3 is 2.54 bits per heavy atom. The smallest absolute Gasteiger partial charge is 0.361 e. The van der Waals surface area contributed by atoms with Crippen LogP contribution >= 0.6 is 0 Å². The molecule has 1 aliphatic rings. The molecule has 1 atom stereocenters. The third-order valence-corrected chi connectivity index (χ3v) is 1.92. The summed E-state index contributed by atoms with van der Waals surface area (Å²) >= 11 is 0. The van der Waals surface area contributed by atoms with Gasteiger partial charge in [0, 0.05) is 12.6 Å². The van der Waals surface area contributed by atoms with Gasteiger partial charge in [0.1, 0.15) is 0 Å². The fourth-order valence-corrected chi connectivity index (χ4v) is 1.20. The Balaban J connectivity index is 2.45. The molecule has 0 N–H and O–H groups in total. The molecule has 0 bridgehead atoms. The van der Waals surface area contributed by atoms with Gasteiger partial charge < -0.3 is 4.84 Å². The Morgan fingerprint density at radius 1 is 1.54 bits per heavy atom. The topological polar surface area (TPSA) is 29.5 Å². The van der Waals surface area contributed by atoms with E-state index in [2.05, 4.69) is 4.84 Å². The van der Waals surface area contributed by atoms with E-state index < -0.39 is 12.1 Å². The molecule has 6 heteroatoms. The number of hydrogen-bond donors (Lipinski definition) is 0. The molecule has 0 amide bonds. The quantitative estimate of drug-likeness (QED) is 0.637. The maximum atomic E-state index is 11.7. The molecule has 0 saturated carbocycles. The van der Waals surface area contributed by atoms with Crippen molar-refractivity contribution >= 4 is 5.97 Å². The molecular formula is C7H10F3NO2. The summed E-state index contributed by atoms with van der Waals surface area (Å²) in [7, 11) is 0. The van der Waals surface area contributed by atoms with E-state index in [0.717, 1.165) is 17.9 Å². The molecule has 13 heavy (non-hydrogen) atoms. The lowest BCUT2D eigenvalue weighted by Crippen LogP contribution is -2.36.